The molecule has 0 unspecified atom stereocenters. The molecule has 13 atom stereocenters. The molecule has 5 aliphatic carbocycles. The topological polar surface area (TPSA) is 101 Å². The van der Waals surface area contributed by atoms with Crippen LogP contribution in [0.2, 0.25) is 0 Å². The van der Waals surface area contributed by atoms with Crippen LogP contribution in [0.1, 0.15) is 32.6 Å². The Labute approximate surface area is 196 Å². The smallest absolute Gasteiger partial charge is 0.136 e. The van der Waals surface area contributed by atoms with Gasteiger partial charge < -0.3 is 34.3 Å². The highest BCUT2D eigenvalue weighted by molar-refractivity contribution is 5.41. The molecule has 0 radical (unpaired) electrons. The summed E-state index contributed by atoms with van der Waals surface area (Å²) in [4.78, 5) is 2.38. The first-order valence-corrected chi connectivity index (χ1v) is 12.7. The van der Waals surface area contributed by atoms with Crippen LogP contribution in [0.3, 0.4) is 0 Å². The molecule has 188 valence electrons. The van der Waals surface area contributed by atoms with Gasteiger partial charge in [0.15, 0.2) is 0 Å². The van der Waals surface area contributed by atoms with Gasteiger partial charge >= 0.3 is 0 Å². The van der Waals surface area contributed by atoms with Gasteiger partial charge in [0.2, 0.25) is 0 Å². The number of ether oxygens (including phenoxy) is 4. The fourth-order valence-electron chi connectivity index (χ4n) is 11.0. The van der Waals surface area contributed by atoms with Gasteiger partial charge in [0.05, 0.1) is 37.1 Å². The molecular weight excluding hydrogens is 426 g/mol. The van der Waals surface area contributed by atoms with E-state index in [0.717, 1.165) is 32.4 Å². The second kappa shape index (κ2) is 7.13. The molecule has 0 aromatic rings. The summed E-state index contributed by atoms with van der Waals surface area (Å²) in [6, 6.07) is -0.312. The van der Waals surface area contributed by atoms with E-state index in [9.17, 15) is 15.3 Å². The number of aliphatic hydroxyl groups is 3. The average Bonchev–Trinajstić information content (AvgIpc) is 3.16. The van der Waals surface area contributed by atoms with Crippen molar-refractivity contribution >= 4 is 0 Å². The first-order valence-electron chi connectivity index (χ1n) is 12.7. The van der Waals surface area contributed by atoms with E-state index in [2.05, 4.69) is 11.8 Å². The molecule has 1 aliphatic heterocycles. The fraction of sp³-hybridized carbons (Fsp3) is 1.00. The molecule has 1 spiro atoms. The number of likely N-dealkylation sites (tertiary alicyclic amines) is 1. The lowest BCUT2D eigenvalue weighted by Gasteiger charge is -2.70. The van der Waals surface area contributed by atoms with E-state index in [1.807, 2.05) is 0 Å². The number of aliphatic hydroxyl groups excluding tert-OH is 1. The maximum absolute atomic E-state index is 12.9. The Balaban J connectivity index is 1.68. The molecule has 1 saturated heterocycles. The van der Waals surface area contributed by atoms with Gasteiger partial charge in [-0.15, -0.1) is 0 Å². The standard InChI is InChI=1S/C25H41NO7/c1-6-26-11-22(12-30-2)8-7-16(32-4)24-14-9-13-15(31-3)10-23(28,17(14)18(13)27)25(29,21(24)26)20(33-5)19(22)24/h13-21,27-29H,6-12H2,1-5H3/t13-,14-,15+,16-,17-,18+,19+,20+,21-,22+,23-,24-,25+/m1/s1. The van der Waals surface area contributed by atoms with Gasteiger partial charge in [-0.1, -0.05) is 6.92 Å². The van der Waals surface area contributed by atoms with E-state index >= 15 is 0 Å². The van der Waals surface area contributed by atoms with Gasteiger partial charge in [-0.2, -0.15) is 0 Å². The van der Waals surface area contributed by atoms with Crippen LogP contribution in [0.15, 0.2) is 0 Å². The number of methoxy groups -OCH3 is 4. The summed E-state index contributed by atoms with van der Waals surface area (Å²) in [6.45, 7) is 4.28. The van der Waals surface area contributed by atoms with Crippen LogP contribution < -0.4 is 0 Å². The van der Waals surface area contributed by atoms with Crippen molar-refractivity contribution in [2.75, 3.05) is 48.1 Å². The number of hydrogen-bond donors (Lipinski definition) is 3. The van der Waals surface area contributed by atoms with Crippen molar-refractivity contribution < 1.29 is 34.3 Å². The van der Waals surface area contributed by atoms with Gasteiger partial charge in [-0.05, 0) is 31.7 Å². The highest BCUT2D eigenvalue weighted by Crippen LogP contribution is 2.80. The molecule has 7 bridgehead atoms. The van der Waals surface area contributed by atoms with Crippen LogP contribution in [0.25, 0.3) is 0 Å². The van der Waals surface area contributed by atoms with Crippen molar-refractivity contribution in [3.05, 3.63) is 0 Å². The highest BCUT2D eigenvalue weighted by Gasteiger charge is 2.91. The molecule has 33 heavy (non-hydrogen) atoms. The van der Waals surface area contributed by atoms with E-state index in [1.54, 1.807) is 28.4 Å². The SMILES string of the molecule is CCN1C[C@]2(COC)CC[C@@H](OC)[C@@]34[C@@H]5C[C@H]6[C@H](O)[C@@H]5[C@](O)(C[C@@H]6OC)[C@@](O)([C@H]13)[C@@H](OC)[C@@H]24. The maximum Gasteiger partial charge on any atom is 0.136 e. The fourth-order valence-corrected chi connectivity index (χ4v) is 11.0. The number of rotatable bonds is 6. The van der Waals surface area contributed by atoms with E-state index in [4.69, 9.17) is 18.9 Å². The third-order valence-corrected chi connectivity index (χ3v) is 11.5. The molecule has 6 fully saturated rings. The van der Waals surface area contributed by atoms with Crippen LogP contribution in [0.5, 0.6) is 0 Å². The van der Waals surface area contributed by atoms with Crippen molar-refractivity contribution in [2.45, 2.75) is 74.3 Å². The zero-order valence-electron chi connectivity index (χ0n) is 20.6. The summed E-state index contributed by atoms with van der Waals surface area (Å²) in [7, 11) is 6.85. The molecule has 8 nitrogen and oxygen atoms in total. The van der Waals surface area contributed by atoms with Crippen molar-refractivity contribution in [1.82, 2.24) is 4.90 Å². The number of likely N-dealkylation sites (N-methyl/N-ethyl adjacent to an activating group) is 1. The highest BCUT2D eigenvalue weighted by atomic mass is 16.5. The molecule has 6 rings (SSSR count). The van der Waals surface area contributed by atoms with Crippen LogP contribution in [0, 0.1) is 34.5 Å². The molecule has 5 saturated carbocycles. The summed E-state index contributed by atoms with van der Waals surface area (Å²) < 4.78 is 24.2. The summed E-state index contributed by atoms with van der Waals surface area (Å²) in [6.07, 6.45) is 1.21. The molecule has 1 heterocycles. The van der Waals surface area contributed by atoms with Crippen LogP contribution >= 0.6 is 0 Å². The van der Waals surface area contributed by atoms with E-state index in [1.165, 1.54) is 0 Å². The van der Waals surface area contributed by atoms with Crippen LogP contribution in [-0.4, -0.2) is 110 Å². The van der Waals surface area contributed by atoms with Crippen molar-refractivity contribution in [3.63, 3.8) is 0 Å². The Morgan fingerprint density at radius 1 is 1.06 bits per heavy atom. The molecule has 0 aromatic heterocycles. The molecule has 3 N–H and O–H groups in total. The number of nitrogens with zero attached hydrogens (tertiary/aromatic N) is 1. The maximum atomic E-state index is 12.9. The summed E-state index contributed by atoms with van der Waals surface area (Å²) in [5.74, 6) is -0.492. The van der Waals surface area contributed by atoms with Gasteiger partial charge in [0.25, 0.3) is 0 Å². The minimum Gasteiger partial charge on any atom is -0.392 e. The van der Waals surface area contributed by atoms with Crippen molar-refractivity contribution in [3.8, 4) is 0 Å². The Hall–Kier alpha value is -0.320. The third kappa shape index (κ3) is 2.20. The lowest BCUT2D eigenvalue weighted by Crippen LogP contribution is -2.82. The van der Waals surface area contributed by atoms with E-state index < -0.39 is 34.7 Å². The zero-order valence-corrected chi connectivity index (χ0v) is 20.6. The zero-order chi connectivity index (χ0) is 23.6. The largest absolute Gasteiger partial charge is 0.392 e. The van der Waals surface area contributed by atoms with Gasteiger partial charge in [0, 0.05) is 70.0 Å². The summed E-state index contributed by atoms with van der Waals surface area (Å²) >= 11 is 0. The molecule has 8 heteroatoms. The van der Waals surface area contributed by atoms with Gasteiger partial charge in [-0.3, -0.25) is 4.90 Å². The van der Waals surface area contributed by atoms with Gasteiger partial charge in [-0.25, -0.2) is 0 Å². The predicted octanol–water partition coefficient (Wildman–Crippen LogP) is 0.271. The third-order valence-electron chi connectivity index (χ3n) is 11.5. The number of piperidine rings is 1. The Bertz CT molecular complexity index is 814. The molecule has 0 amide bonds. The van der Waals surface area contributed by atoms with E-state index in [-0.39, 0.29) is 41.4 Å². The first-order chi connectivity index (χ1) is 15.8. The number of hydrogen-bond acceptors (Lipinski definition) is 8. The predicted molar refractivity (Wildman–Crippen MR) is 119 cm³/mol. The Kier molecular flexibility index (Phi) is 4.99. The average molecular weight is 468 g/mol. The van der Waals surface area contributed by atoms with Crippen LogP contribution in [0.4, 0.5) is 0 Å². The summed E-state index contributed by atoms with van der Waals surface area (Å²) in [5.41, 5.74) is -3.70. The normalized spacial score (nSPS) is 60.9. The summed E-state index contributed by atoms with van der Waals surface area (Å²) in [5, 5.41) is 37.1. The Morgan fingerprint density at radius 2 is 1.82 bits per heavy atom. The molecular formula is C25H41NO7. The molecule has 6 aliphatic rings. The lowest BCUT2D eigenvalue weighted by atomic mass is 9.42. The van der Waals surface area contributed by atoms with Crippen molar-refractivity contribution in [1.29, 1.82) is 0 Å². The number of fused-ring (bicyclic) bond motifs is 2. The second-order valence-electron chi connectivity index (χ2n) is 11.9. The minimum absolute atomic E-state index is 0.00825. The lowest BCUT2D eigenvalue weighted by molar-refractivity contribution is -0.318. The minimum atomic E-state index is -1.55. The first kappa shape index (κ1) is 23.1. The monoisotopic (exact) mass is 467 g/mol. The Morgan fingerprint density at radius 3 is 2.42 bits per heavy atom. The second-order valence-corrected chi connectivity index (χ2v) is 11.9. The van der Waals surface area contributed by atoms with Crippen molar-refractivity contribution in [2.24, 2.45) is 34.5 Å². The molecule has 0 aromatic carbocycles. The van der Waals surface area contributed by atoms with Gasteiger partial charge in [0.1, 0.15) is 11.2 Å². The van der Waals surface area contributed by atoms with E-state index in [0.29, 0.717) is 13.0 Å². The quantitative estimate of drug-likeness (QED) is 0.512. The van der Waals surface area contributed by atoms with Crippen LogP contribution in [-0.2, 0) is 18.9 Å².